The Morgan fingerprint density at radius 1 is 1.41 bits per heavy atom. The van der Waals surface area contributed by atoms with Crippen molar-refractivity contribution in [1.82, 2.24) is 4.72 Å². The molecule has 1 aromatic carbocycles. The van der Waals surface area contributed by atoms with Crippen LogP contribution in [0.2, 0.25) is 10.0 Å². The Morgan fingerprint density at radius 3 is 2.29 bits per heavy atom. The molecule has 92 valence electrons. The van der Waals surface area contributed by atoms with Crippen LogP contribution in [0.15, 0.2) is 21.5 Å². The van der Waals surface area contributed by atoms with Gasteiger partial charge in [0.15, 0.2) is 0 Å². The fraction of sp³-hybridized carbons (Fsp3) is 0.200. The van der Waals surface area contributed by atoms with Gasteiger partial charge in [-0.1, -0.05) is 45.1 Å². The van der Waals surface area contributed by atoms with Crippen molar-refractivity contribution in [2.75, 3.05) is 0 Å². The van der Waals surface area contributed by atoms with Crippen LogP contribution in [0.3, 0.4) is 0 Å². The van der Waals surface area contributed by atoms with Crippen LogP contribution >= 0.6 is 39.1 Å². The van der Waals surface area contributed by atoms with Crippen LogP contribution in [0, 0.1) is 12.3 Å². The summed E-state index contributed by atoms with van der Waals surface area (Å²) < 4.78 is 26.8. The van der Waals surface area contributed by atoms with Crippen molar-refractivity contribution >= 4 is 49.2 Å². The number of sulfonamides is 1. The van der Waals surface area contributed by atoms with Crippen LogP contribution in [0.1, 0.15) is 6.92 Å². The summed E-state index contributed by atoms with van der Waals surface area (Å²) in [6, 6.07) is 2.25. The smallest absolute Gasteiger partial charge is 0.207 e. The first kappa shape index (κ1) is 14.8. The van der Waals surface area contributed by atoms with Gasteiger partial charge in [-0.25, -0.2) is 8.42 Å². The molecule has 3 nitrogen and oxygen atoms in total. The predicted molar refractivity (Wildman–Crippen MR) is 72.8 cm³/mol. The SMILES string of the molecule is C#CC(C)NS(=O)(=O)c1c(Cl)cc(Br)cc1Cl. The van der Waals surface area contributed by atoms with Crippen molar-refractivity contribution in [2.45, 2.75) is 17.9 Å². The minimum atomic E-state index is -3.83. The first-order chi connectivity index (χ1) is 7.77. The molecule has 17 heavy (non-hydrogen) atoms. The standard InChI is InChI=1S/C10H8BrCl2NO2S/c1-3-6(2)14-17(15,16)10-8(12)4-7(11)5-9(10)13/h1,4-6,14H,2H3. The molecule has 0 fully saturated rings. The summed E-state index contributed by atoms with van der Waals surface area (Å²) in [6.07, 6.45) is 5.11. The highest BCUT2D eigenvalue weighted by Crippen LogP contribution is 2.32. The van der Waals surface area contributed by atoms with E-state index in [1.807, 2.05) is 0 Å². The molecule has 0 saturated carbocycles. The van der Waals surface area contributed by atoms with Gasteiger partial charge < -0.3 is 0 Å². The lowest BCUT2D eigenvalue weighted by molar-refractivity contribution is 0.578. The van der Waals surface area contributed by atoms with Gasteiger partial charge in [0.2, 0.25) is 10.0 Å². The largest absolute Gasteiger partial charge is 0.244 e. The van der Waals surface area contributed by atoms with Crippen LogP contribution in [0.4, 0.5) is 0 Å². The average Bonchev–Trinajstić information content (AvgIpc) is 2.14. The molecule has 1 unspecified atom stereocenters. The summed E-state index contributed by atoms with van der Waals surface area (Å²) in [4.78, 5) is -0.175. The first-order valence-electron chi connectivity index (χ1n) is 4.41. The van der Waals surface area contributed by atoms with E-state index in [0.29, 0.717) is 4.47 Å². The molecular formula is C10H8BrCl2NO2S. The van der Waals surface area contributed by atoms with Crippen molar-refractivity contribution in [2.24, 2.45) is 0 Å². The second-order valence-electron chi connectivity index (χ2n) is 3.21. The summed E-state index contributed by atoms with van der Waals surface area (Å²) in [5, 5.41) is 0.0576. The van der Waals surface area contributed by atoms with Gasteiger partial charge in [0.05, 0.1) is 16.1 Å². The zero-order valence-electron chi connectivity index (χ0n) is 8.67. The summed E-state index contributed by atoms with van der Waals surface area (Å²) in [7, 11) is -3.83. The van der Waals surface area contributed by atoms with Gasteiger partial charge in [-0.15, -0.1) is 6.42 Å². The maximum Gasteiger partial charge on any atom is 0.244 e. The molecule has 0 saturated heterocycles. The van der Waals surface area contributed by atoms with E-state index >= 15 is 0 Å². The Morgan fingerprint density at radius 2 is 1.88 bits per heavy atom. The van der Waals surface area contributed by atoms with E-state index in [2.05, 4.69) is 26.6 Å². The highest BCUT2D eigenvalue weighted by atomic mass is 79.9. The molecule has 0 aliphatic rings. The molecular weight excluding hydrogens is 349 g/mol. The van der Waals surface area contributed by atoms with Gasteiger partial charge in [-0.2, -0.15) is 4.72 Å². The summed E-state index contributed by atoms with van der Waals surface area (Å²) in [5.41, 5.74) is 0. The molecule has 1 N–H and O–H groups in total. The Hall–Kier alpha value is -0.250. The molecule has 1 atom stereocenters. The molecule has 0 spiro atoms. The second-order valence-corrected chi connectivity index (χ2v) is 6.59. The monoisotopic (exact) mass is 355 g/mol. The number of halogens is 3. The molecule has 0 aromatic heterocycles. The molecule has 0 radical (unpaired) electrons. The van der Waals surface area contributed by atoms with Gasteiger partial charge in [0.25, 0.3) is 0 Å². The third kappa shape index (κ3) is 3.60. The summed E-state index contributed by atoms with van der Waals surface area (Å²) in [5.74, 6) is 2.26. The molecule has 0 bridgehead atoms. The quantitative estimate of drug-likeness (QED) is 0.846. The predicted octanol–water partition coefficient (Wildman–Crippen LogP) is 3.06. The highest BCUT2D eigenvalue weighted by molar-refractivity contribution is 9.10. The van der Waals surface area contributed by atoms with Gasteiger partial charge in [0.1, 0.15) is 4.90 Å². The molecule has 7 heteroatoms. The van der Waals surface area contributed by atoms with E-state index < -0.39 is 16.1 Å². The zero-order valence-corrected chi connectivity index (χ0v) is 12.6. The van der Waals surface area contributed by atoms with Crippen LogP contribution in [-0.4, -0.2) is 14.5 Å². The third-order valence-corrected chi connectivity index (χ3v) is 4.73. The first-order valence-corrected chi connectivity index (χ1v) is 7.44. The second kappa shape index (κ2) is 5.59. The fourth-order valence-corrected chi connectivity index (χ4v) is 4.21. The summed E-state index contributed by atoms with van der Waals surface area (Å²) >= 11 is 14.9. The molecule has 1 aromatic rings. The molecule has 0 aliphatic heterocycles. The van der Waals surface area contributed by atoms with Gasteiger partial charge in [0, 0.05) is 4.47 Å². The highest BCUT2D eigenvalue weighted by Gasteiger charge is 2.23. The molecule has 0 aliphatic carbocycles. The maximum absolute atomic E-state index is 12.0. The van der Waals surface area contributed by atoms with E-state index in [1.165, 1.54) is 19.1 Å². The minimum absolute atomic E-state index is 0.0288. The summed E-state index contributed by atoms with van der Waals surface area (Å²) in [6.45, 7) is 1.54. The number of hydrogen-bond donors (Lipinski definition) is 1. The lowest BCUT2D eigenvalue weighted by Crippen LogP contribution is -2.31. The number of terminal acetylenes is 1. The van der Waals surface area contributed by atoms with Crippen molar-refractivity contribution in [1.29, 1.82) is 0 Å². The van der Waals surface area contributed by atoms with Crippen molar-refractivity contribution in [3.8, 4) is 12.3 Å². The minimum Gasteiger partial charge on any atom is -0.207 e. The number of nitrogens with one attached hydrogen (secondary N) is 1. The third-order valence-electron chi connectivity index (χ3n) is 1.81. The molecule has 0 heterocycles. The van der Waals surface area contributed by atoms with Crippen molar-refractivity contribution < 1.29 is 8.42 Å². The average molecular weight is 357 g/mol. The Bertz CT molecular complexity index is 557. The van der Waals surface area contributed by atoms with Crippen LogP contribution < -0.4 is 4.72 Å². The van der Waals surface area contributed by atoms with E-state index in [1.54, 1.807) is 0 Å². The van der Waals surface area contributed by atoms with Crippen LogP contribution in [0.25, 0.3) is 0 Å². The van der Waals surface area contributed by atoms with E-state index in [4.69, 9.17) is 29.6 Å². The van der Waals surface area contributed by atoms with E-state index in [9.17, 15) is 8.42 Å². The number of hydrogen-bond acceptors (Lipinski definition) is 2. The van der Waals surface area contributed by atoms with Gasteiger partial charge >= 0.3 is 0 Å². The maximum atomic E-state index is 12.0. The van der Waals surface area contributed by atoms with E-state index in [0.717, 1.165) is 0 Å². The van der Waals surface area contributed by atoms with Gasteiger partial charge in [-0.05, 0) is 19.1 Å². The van der Waals surface area contributed by atoms with Crippen LogP contribution in [0.5, 0.6) is 0 Å². The number of rotatable bonds is 3. The van der Waals surface area contributed by atoms with E-state index in [-0.39, 0.29) is 14.9 Å². The van der Waals surface area contributed by atoms with Crippen LogP contribution in [-0.2, 0) is 10.0 Å². The number of benzene rings is 1. The van der Waals surface area contributed by atoms with Crippen molar-refractivity contribution in [3.63, 3.8) is 0 Å². The molecule has 0 amide bonds. The molecule has 1 rings (SSSR count). The topological polar surface area (TPSA) is 46.2 Å². The zero-order chi connectivity index (χ0) is 13.2. The van der Waals surface area contributed by atoms with Crippen molar-refractivity contribution in [3.05, 3.63) is 26.7 Å². The lowest BCUT2D eigenvalue weighted by Gasteiger charge is -2.12. The van der Waals surface area contributed by atoms with Gasteiger partial charge in [-0.3, -0.25) is 0 Å². The Balaban J connectivity index is 3.31. The normalized spacial score (nSPS) is 13.1. The Kier molecular flexibility index (Phi) is 4.87. The Labute approximate surface area is 119 Å². The fourth-order valence-electron chi connectivity index (χ4n) is 1.11. The lowest BCUT2D eigenvalue weighted by atomic mass is 10.4.